The van der Waals surface area contributed by atoms with Gasteiger partial charge < -0.3 is 24.8 Å². The predicted octanol–water partition coefficient (Wildman–Crippen LogP) is 5.50. The highest BCUT2D eigenvalue weighted by Crippen LogP contribution is 2.28. The Bertz CT molecular complexity index is 1780. The maximum Gasteiger partial charge on any atom is 0.229 e. The van der Waals surface area contributed by atoms with Crippen LogP contribution in [0.1, 0.15) is 11.1 Å². The zero-order valence-corrected chi connectivity index (χ0v) is 25.5. The number of fused-ring (bicyclic) bond motifs is 1. The van der Waals surface area contributed by atoms with Crippen LogP contribution in [0, 0.1) is 0 Å². The lowest BCUT2D eigenvalue weighted by Crippen LogP contribution is -2.12. The average Bonchev–Trinajstić information content (AvgIpc) is 3.29. The summed E-state index contributed by atoms with van der Waals surface area (Å²) in [4.78, 5) is 15.9. The van der Waals surface area contributed by atoms with Gasteiger partial charge in [-0.3, -0.25) is 0 Å². The molecule has 10 nitrogen and oxygen atoms in total. The molecule has 5 aromatic rings. The molecule has 0 aliphatic rings. The van der Waals surface area contributed by atoms with Crippen molar-refractivity contribution in [3.8, 4) is 5.75 Å². The summed E-state index contributed by atoms with van der Waals surface area (Å²) in [5.41, 5.74) is 5.67. The lowest BCUT2D eigenvalue weighted by Gasteiger charge is -2.19. The summed E-state index contributed by atoms with van der Waals surface area (Å²) in [6, 6.07) is 23.5. The fourth-order valence-electron chi connectivity index (χ4n) is 4.44. The van der Waals surface area contributed by atoms with Crippen LogP contribution in [0.15, 0.2) is 79.0 Å². The van der Waals surface area contributed by atoms with E-state index in [0.717, 1.165) is 45.2 Å². The number of halogens is 1. The van der Waals surface area contributed by atoms with E-state index in [1.807, 2.05) is 90.3 Å². The topological polar surface area (TPSA) is 114 Å². The highest BCUT2D eigenvalue weighted by atomic mass is 35.5. The van der Waals surface area contributed by atoms with Crippen molar-refractivity contribution in [2.75, 3.05) is 41.7 Å². The van der Waals surface area contributed by atoms with E-state index in [4.69, 9.17) is 14.7 Å². The molecular formula is C30H34ClN7O3S. The average molecular weight is 608 g/mol. The van der Waals surface area contributed by atoms with Crippen molar-refractivity contribution in [1.82, 2.24) is 19.5 Å². The number of aryl methyl sites for hydroxylation is 2. The number of nitrogens with zero attached hydrogens (tertiary/aromatic N) is 5. The third kappa shape index (κ3) is 7.48. The maximum absolute atomic E-state index is 11.5. The Morgan fingerprint density at radius 1 is 0.976 bits per heavy atom. The molecule has 5 rings (SSSR count). The van der Waals surface area contributed by atoms with Crippen molar-refractivity contribution in [3.05, 3.63) is 90.1 Å². The number of ether oxygens (including phenoxy) is 1. The van der Waals surface area contributed by atoms with Gasteiger partial charge in [0.1, 0.15) is 21.4 Å². The molecule has 3 aromatic carbocycles. The number of rotatable bonds is 11. The standard InChI is InChI=1S/C30H33N7O3S.ClH/c1-36(28-14-16-31-29(35-28)33-23-7-5-6-21(18-23)15-17-41(4,38)39)24-10-13-27-26(19-24)34-30(37(27)2)32-20-22-8-11-25(40-3)12-9-22;/h5-14,16,18-19H,15,17,20H2,1-4H3,(H,32,34)(H,31,33,35);1H. The van der Waals surface area contributed by atoms with E-state index in [0.29, 0.717) is 24.7 Å². The van der Waals surface area contributed by atoms with Crippen LogP contribution in [-0.2, 0) is 29.9 Å². The van der Waals surface area contributed by atoms with Crippen molar-refractivity contribution in [1.29, 1.82) is 0 Å². The molecule has 0 atom stereocenters. The molecular weight excluding hydrogens is 574 g/mol. The third-order valence-electron chi connectivity index (χ3n) is 6.79. The zero-order chi connectivity index (χ0) is 29.0. The second-order valence-corrected chi connectivity index (χ2v) is 12.1. The summed E-state index contributed by atoms with van der Waals surface area (Å²) < 4.78 is 30.4. The molecule has 2 heterocycles. The van der Waals surface area contributed by atoms with E-state index in [1.165, 1.54) is 6.26 Å². The zero-order valence-electron chi connectivity index (χ0n) is 23.9. The van der Waals surface area contributed by atoms with Gasteiger partial charge in [0, 0.05) is 44.5 Å². The molecule has 0 spiro atoms. The number of imidazole rings is 1. The molecule has 0 saturated heterocycles. The molecule has 12 heteroatoms. The normalized spacial score (nSPS) is 11.1. The summed E-state index contributed by atoms with van der Waals surface area (Å²) >= 11 is 0. The SMILES string of the molecule is COc1ccc(CNc2nc3cc(N(C)c4ccnc(Nc5cccc(CCS(C)(=O)=O)c5)n4)ccc3n2C)cc1.Cl. The van der Waals surface area contributed by atoms with Gasteiger partial charge in [0.15, 0.2) is 0 Å². The first-order valence-corrected chi connectivity index (χ1v) is 15.2. The second kappa shape index (κ2) is 13.1. The summed E-state index contributed by atoms with van der Waals surface area (Å²) in [7, 11) is 2.57. The largest absolute Gasteiger partial charge is 0.497 e. The first-order valence-electron chi connectivity index (χ1n) is 13.1. The van der Waals surface area contributed by atoms with E-state index < -0.39 is 9.84 Å². The quantitative estimate of drug-likeness (QED) is 0.201. The molecule has 0 unspecified atom stereocenters. The number of hydrogen-bond donors (Lipinski definition) is 2. The summed E-state index contributed by atoms with van der Waals surface area (Å²) in [6.45, 7) is 0.644. The molecule has 0 amide bonds. The molecule has 0 saturated carbocycles. The van der Waals surface area contributed by atoms with E-state index in [2.05, 4.69) is 21.7 Å². The van der Waals surface area contributed by atoms with E-state index in [1.54, 1.807) is 13.3 Å². The molecule has 0 fully saturated rings. The Balaban J connectivity index is 0.00000405. The predicted molar refractivity (Wildman–Crippen MR) is 172 cm³/mol. The number of hydrogen-bond acceptors (Lipinski definition) is 9. The van der Waals surface area contributed by atoms with E-state index >= 15 is 0 Å². The van der Waals surface area contributed by atoms with E-state index in [-0.39, 0.29) is 18.2 Å². The summed E-state index contributed by atoms with van der Waals surface area (Å²) in [5, 5.41) is 6.66. The van der Waals surface area contributed by atoms with Gasteiger partial charge >= 0.3 is 0 Å². The Labute approximate surface area is 252 Å². The lowest BCUT2D eigenvalue weighted by atomic mass is 10.1. The fourth-order valence-corrected chi connectivity index (χ4v) is 5.05. The minimum atomic E-state index is -3.03. The van der Waals surface area contributed by atoms with Crippen molar-refractivity contribution in [2.24, 2.45) is 7.05 Å². The van der Waals surface area contributed by atoms with Gasteiger partial charge in [-0.2, -0.15) is 4.98 Å². The molecule has 0 radical (unpaired) electrons. The minimum Gasteiger partial charge on any atom is -0.497 e. The highest BCUT2D eigenvalue weighted by molar-refractivity contribution is 7.90. The highest BCUT2D eigenvalue weighted by Gasteiger charge is 2.13. The minimum absolute atomic E-state index is 0. The first kappa shape index (κ1) is 30.6. The van der Waals surface area contributed by atoms with Gasteiger partial charge in [-0.1, -0.05) is 24.3 Å². The number of sulfone groups is 1. The van der Waals surface area contributed by atoms with Gasteiger partial charge in [0.05, 0.1) is 23.9 Å². The van der Waals surface area contributed by atoms with Gasteiger partial charge in [0.2, 0.25) is 11.9 Å². The molecule has 0 aliphatic heterocycles. The van der Waals surface area contributed by atoms with Crippen molar-refractivity contribution in [3.63, 3.8) is 0 Å². The van der Waals surface area contributed by atoms with Gasteiger partial charge in [-0.25, -0.2) is 18.4 Å². The van der Waals surface area contributed by atoms with E-state index in [9.17, 15) is 8.42 Å². The molecule has 0 aliphatic carbocycles. The van der Waals surface area contributed by atoms with Crippen LogP contribution in [0.2, 0.25) is 0 Å². The first-order chi connectivity index (χ1) is 19.7. The van der Waals surface area contributed by atoms with Crippen LogP contribution in [0.5, 0.6) is 5.75 Å². The Morgan fingerprint density at radius 3 is 2.50 bits per heavy atom. The number of benzene rings is 3. The van der Waals surface area contributed by atoms with Crippen LogP contribution < -0.4 is 20.3 Å². The lowest BCUT2D eigenvalue weighted by molar-refractivity contribution is 0.414. The van der Waals surface area contributed by atoms with Crippen LogP contribution in [-0.4, -0.2) is 54.1 Å². The van der Waals surface area contributed by atoms with Gasteiger partial charge in [0.25, 0.3) is 0 Å². The van der Waals surface area contributed by atoms with Crippen LogP contribution >= 0.6 is 12.4 Å². The van der Waals surface area contributed by atoms with Gasteiger partial charge in [-0.15, -0.1) is 12.4 Å². The molecule has 0 bridgehead atoms. The number of anilines is 5. The van der Waals surface area contributed by atoms with Crippen molar-refractivity contribution in [2.45, 2.75) is 13.0 Å². The molecule has 220 valence electrons. The molecule has 42 heavy (non-hydrogen) atoms. The monoisotopic (exact) mass is 607 g/mol. The fraction of sp³-hybridized carbons (Fsp3) is 0.233. The number of nitrogens with one attached hydrogen (secondary N) is 2. The van der Waals surface area contributed by atoms with Crippen molar-refractivity contribution >= 4 is 62.4 Å². The number of aromatic nitrogens is 4. The smallest absolute Gasteiger partial charge is 0.229 e. The van der Waals surface area contributed by atoms with Gasteiger partial charge in [-0.05, 0) is 66.1 Å². The summed E-state index contributed by atoms with van der Waals surface area (Å²) in [5.74, 6) is 2.87. The Morgan fingerprint density at radius 2 is 1.76 bits per heavy atom. The summed E-state index contributed by atoms with van der Waals surface area (Å²) in [6.07, 6.45) is 3.40. The third-order valence-corrected chi connectivity index (χ3v) is 7.74. The molecule has 2 N–H and O–H groups in total. The van der Waals surface area contributed by atoms with Crippen LogP contribution in [0.25, 0.3) is 11.0 Å². The van der Waals surface area contributed by atoms with Crippen molar-refractivity contribution < 1.29 is 13.2 Å². The number of methoxy groups -OCH3 is 1. The molecule has 2 aromatic heterocycles. The van der Waals surface area contributed by atoms with Crippen LogP contribution in [0.4, 0.5) is 29.1 Å². The Hall–Kier alpha value is -4.35. The Kier molecular flexibility index (Phi) is 9.54. The van der Waals surface area contributed by atoms with Crippen LogP contribution in [0.3, 0.4) is 0 Å². The maximum atomic E-state index is 11.5. The second-order valence-electron chi connectivity index (χ2n) is 9.87.